The molecule has 1 atom stereocenters. The first-order valence-corrected chi connectivity index (χ1v) is 5.50. The maximum Gasteiger partial charge on any atom is 0.343 e. The van der Waals surface area contributed by atoms with Gasteiger partial charge in [0.25, 0.3) is 0 Å². The molecule has 0 fully saturated rings. The van der Waals surface area contributed by atoms with Gasteiger partial charge in [0.1, 0.15) is 0 Å². The Kier molecular flexibility index (Phi) is 9.22. The molecule has 0 aromatic rings. The van der Waals surface area contributed by atoms with Crippen molar-refractivity contribution in [1.29, 1.82) is 0 Å². The second kappa shape index (κ2) is 9.95. The average Bonchev–Trinajstić information content (AvgIpc) is 2.29. The number of nitrogens with two attached hydrogens (primary N) is 1. The first kappa shape index (κ1) is 15.8. The number of amides is 2. The Morgan fingerprint density at radius 2 is 2.41 bits per heavy atom. The van der Waals surface area contributed by atoms with Gasteiger partial charge in [0.2, 0.25) is 0 Å². The molecule has 0 saturated carbocycles. The van der Waals surface area contributed by atoms with E-state index in [9.17, 15) is 9.90 Å². The van der Waals surface area contributed by atoms with Crippen LogP contribution in [0.1, 0.15) is 6.92 Å². The molecule has 0 saturated heterocycles. The van der Waals surface area contributed by atoms with Crippen molar-refractivity contribution in [2.75, 3.05) is 32.8 Å². The molecule has 2 amide bonds. The topological polar surface area (TPSA) is 88.1 Å². The molecular formula is C11H21N3O3. The lowest BCUT2D eigenvalue weighted by Gasteiger charge is -2.22. The third-order valence-electron chi connectivity index (χ3n) is 1.89. The lowest BCUT2D eigenvalue weighted by molar-refractivity contribution is 0.0339. The van der Waals surface area contributed by atoms with E-state index in [1.807, 2.05) is 0 Å². The maximum absolute atomic E-state index is 11.5. The number of aliphatic imine (C=N–C) groups is 1. The average molecular weight is 243 g/mol. The van der Waals surface area contributed by atoms with E-state index in [1.165, 1.54) is 11.1 Å². The standard InChI is InChI=1S/C11H21N3O3/c1-3-7-17-9-10(15)8-14(6-5-12)11(16)13-4-2/h3-4,10,15H,1,5-9,12H2,2H3. The molecule has 6 heteroatoms. The summed E-state index contributed by atoms with van der Waals surface area (Å²) in [5.74, 6) is 0. The number of hydrogen-bond acceptors (Lipinski definition) is 4. The summed E-state index contributed by atoms with van der Waals surface area (Å²) in [6.45, 7) is 6.51. The van der Waals surface area contributed by atoms with Crippen LogP contribution in [-0.4, -0.2) is 61.2 Å². The summed E-state index contributed by atoms with van der Waals surface area (Å²) in [6.07, 6.45) is 2.25. The maximum atomic E-state index is 11.5. The molecule has 0 spiro atoms. The van der Waals surface area contributed by atoms with Crippen LogP contribution in [0.5, 0.6) is 0 Å². The Morgan fingerprint density at radius 1 is 1.71 bits per heavy atom. The zero-order chi connectivity index (χ0) is 13.1. The largest absolute Gasteiger partial charge is 0.389 e. The van der Waals surface area contributed by atoms with Crippen molar-refractivity contribution in [3.63, 3.8) is 0 Å². The van der Waals surface area contributed by atoms with Crippen LogP contribution >= 0.6 is 0 Å². The van der Waals surface area contributed by atoms with Gasteiger partial charge in [0, 0.05) is 19.3 Å². The minimum atomic E-state index is -0.752. The van der Waals surface area contributed by atoms with Crippen molar-refractivity contribution >= 4 is 12.2 Å². The van der Waals surface area contributed by atoms with E-state index in [0.29, 0.717) is 19.7 Å². The van der Waals surface area contributed by atoms with Crippen molar-refractivity contribution in [1.82, 2.24) is 4.90 Å². The highest BCUT2D eigenvalue weighted by atomic mass is 16.5. The van der Waals surface area contributed by atoms with E-state index in [2.05, 4.69) is 11.6 Å². The Labute approximate surface area is 102 Å². The highest BCUT2D eigenvalue weighted by Gasteiger charge is 2.15. The van der Waals surface area contributed by atoms with Gasteiger partial charge in [0.15, 0.2) is 0 Å². The molecule has 0 radical (unpaired) electrons. The molecule has 98 valence electrons. The van der Waals surface area contributed by atoms with Crippen LogP contribution in [0.2, 0.25) is 0 Å². The third-order valence-corrected chi connectivity index (χ3v) is 1.89. The van der Waals surface area contributed by atoms with E-state index < -0.39 is 12.1 Å². The van der Waals surface area contributed by atoms with Gasteiger partial charge in [-0.15, -0.1) is 6.58 Å². The molecule has 0 aliphatic carbocycles. The highest BCUT2D eigenvalue weighted by Crippen LogP contribution is 1.97. The number of aliphatic hydroxyl groups is 1. The fourth-order valence-electron chi connectivity index (χ4n) is 1.21. The number of carbonyl (C=O) groups excluding carboxylic acids is 1. The van der Waals surface area contributed by atoms with E-state index >= 15 is 0 Å². The zero-order valence-corrected chi connectivity index (χ0v) is 10.2. The number of aliphatic hydroxyl groups excluding tert-OH is 1. The summed E-state index contributed by atoms with van der Waals surface area (Å²) >= 11 is 0. The van der Waals surface area contributed by atoms with Crippen molar-refractivity contribution in [2.45, 2.75) is 13.0 Å². The molecular weight excluding hydrogens is 222 g/mol. The molecule has 1 unspecified atom stereocenters. The normalized spacial score (nSPS) is 12.6. The summed E-state index contributed by atoms with van der Waals surface area (Å²) in [4.78, 5) is 16.5. The van der Waals surface area contributed by atoms with E-state index in [4.69, 9.17) is 10.5 Å². The number of hydrogen-bond donors (Lipinski definition) is 2. The summed E-state index contributed by atoms with van der Waals surface area (Å²) in [5, 5.41) is 9.64. The molecule has 3 N–H and O–H groups in total. The molecule has 0 rings (SSSR count). The van der Waals surface area contributed by atoms with Crippen molar-refractivity contribution in [2.24, 2.45) is 10.7 Å². The number of nitrogens with zero attached hydrogens (tertiary/aromatic N) is 2. The van der Waals surface area contributed by atoms with Gasteiger partial charge in [-0.3, -0.25) is 0 Å². The minimum absolute atomic E-state index is 0.149. The first-order valence-electron chi connectivity index (χ1n) is 5.50. The molecule has 0 aromatic carbocycles. The molecule has 0 aliphatic heterocycles. The Hall–Kier alpha value is -1.24. The van der Waals surface area contributed by atoms with Gasteiger partial charge in [-0.05, 0) is 6.92 Å². The number of rotatable bonds is 8. The van der Waals surface area contributed by atoms with Crippen molar-refractivity contribution in [3.8, 4) is 0 Å². The molecule has 0 aromatic heterocycles. The summed E-state index contributed by atoms with van der Waals surface area (Å²) in [7, 11) is 0. The van der Waals surface area contributed by atoms with Gasteiger partial charge in [-0.1, -0.05) is 6.08 Å². The molecule has 17 heavy (non-hydrogen) atoms. The Balaban J connectivity index is 4.13. The summed E-state index contributed by atoms with van der Waals surface area (Å²) in [5.41, 5.74) is 5.39. The van der Waals surface area contributed by atoms with Crippen LogP contribution in [-0.2, 0) is 4.74 Å². The molecule has 0 aliphatic rings. The van der Waals surface area contributed by atoms with Crippen LogP contribution in [0.15, 0.2) is 17.6 Å². The van der Waals surface area contributed by atoms with Gasteiger partial charge >= 0.3 is 6.03 Å². The summed E-state index contributed by atoms with van der Waals surface area (Å²) in [6, 6.07) is -0.402. The molecule has 0 heterocycles. The summed E-state index contributed by atoms with van der Waals surface area (Å²) < 4.78 is 5.09. The third kappa shape index (κ3) is 7.62. The molecule has 6 nitrogen and oxygen atoms in total. The van der Waals surface area contributed by atoms with Crippen LogP contribution in [0.4, 0.5) is 4.79 Å². The predicted octanol–water partition coefficient (Wildman–Crippen LogP) is 0.0213. The lowest BCUT2D eigenvalue weighted by atomic mass is 10.3. The van der Waals surface area contributed by atoms with Gasteiger partial charge in [-0.25, -0.2) is 9.79 Å². The molecule has 0 bridgehead atoms. The zero-order valence-electron chi connectivity index (χ0n) is 10.2. The Morgan fingerprint density at radius 3 is 2.94 bits per heavy atom. The number of ether oxygens (including phenoxy) is 1. The van der Waals surface area contributed by atoms with E-state index in [0.717, 1.165) is 0 Å². The van der Waals surface area contributed by atoms with Crippen molar-refractivity contribution < 1.29 is 14.6 Å². The fraction of sp³-hybridized carbons (Fsp3) is 0.636. The van der Waals surface area contributed by atoms with Gasteiger partial charge in [0.05, 0.1) is 25.9 Å². The SMILES string of the molecule is C=CCOCC(O)CN(CCN)C(=O)N=CC. The predicted molar refractivity (Wildman–Crippen MR) is 67.2 cm³/mol. The second-order valence-electron chi connectivity index (χ2n) is 3.38. The number of urea groups is 1. The second-order valence-corrected chi connectivity index (χ2v) is 3.38. The first-order chi connectivity index (χ1) is 8.15. The highest BCUT2D eigenvalue weighted by molar-refractivity contribution is 5.82. The van der Waals surface area contributed by atoms with Gasteiger partial charge < -0.3 is 20.5 Å². The van der Waals surface area contributed by atoms with Crippen LogP contribution in [0, 0.1) is 0 Å². The smallest absolute Gasteiger partial charge is 0.343 e. The quantitative estimate of drug-likeness (QED) is 0.357. The Bertz CT molecular complexity index is 256. The number of carbonyl (C=O) groups is 1. The monoisotopic (exact) mass is 243 g/mol. The van der Waals surface area contributed by atoms with E-state index in [1.54, 1.807) is 13.0 Å². The lowest BCUT2D eigenvalue weighted by Crippen LogP contribution is -2.40. The van der Waals surface area contributed by atoms with Crippen LogP contribution in [0.25, 0.3) is 0 Å². The van der Waals surface area contributed by atoms with Gasteiger partial charge in [-0.2, -0.15) is 0 Å². The minimum Gasteiger partial charge on any atom is -0.389 e. The van der Waals surface area contributed by atoms with Crippen LogP contribution < -0.4 is 5.73 Å². The fourth-order valence-corrected chi connectivity index (χ4v) is 1.21. The van der Waals surface area contributed by atoms with Crippen molar-refractivity contribution in [3.05, 3.63) is 12.7 Å². The van der Waals surface area contributed by atoms with Crippen LogP contribution in [0.3, 0.4) is 0 Å². The van der Waals surface area contributed by atoms with E-state index in [-0.39, 0.29) is 13.2 Å².